The van der Waals surface area contributed by atoms with Crippen LogP contribution in [0.3, 0.4) is 0 Å². The average Bonchev–Trinajstić information content (AvgIpc) is 2.16. The van der Waals surface area contributed by atoms with Crippen LogP contribution in [0.4, 0.5) is 0 Å². The highest BCUT2D eigenvalue weighted by Crippen LogP contribution is 2.14. The number of rotatable bonds is 3. The predicted molar refractivity (Wildman–Crippen MR) is 55.8 cm³/mol. The van der Waals surface area contributed by atoms with E-state index in [0.717, 1.165) is 0 Å². The standard InChI is InChI=1S/C10H11NOS/c1-2-8(12)10(11)7-5-3-4-6-9(7)13/h3-6,11,13H,2H2,1H3. The van der Waals surface area contributed by atoms with Crippen LogP contribution in [0.2, 0.25) is 0 Å². The summed E-state index contributed by atoms with van der Waals surface area (Å²) < 4.78 is 0. The highest BCUT2D eigenvalue weighted by atomic mass is 32.1. The second-order valence-corrected chi connectivity index (χ2v) is 3.15. The van der Waals surface area contributed by atoms with Gasteiger partial charge in [-0.3, -0.25) is 10.2 Å². The van der Waals surface area contributed by atoms with Crippen LogP contribution in [-0.4, -0.2) is 11.5 Å². The van der Waals surface area contributed by atoms with Gasteiger partial charge < -0.3 is 0 Å². The Bertz CT molecular complexity index is 347. The zero-order valence-corrected chi connectivity index (χ0v) is 8.27. The van der Waals surface area contributed by atoms with E-state index in [1.165, 1.54) is 0 Å². The lowest BCUT2D eigenvalue weighted by Crippen LogP contribution is -2.13. The van der Waals surface area contributed by atoms with Crippen LogP contribution in [-0.2, 0) is 4.79 Å². The molecule has 0 saturated carbocycles. The van der Waals surface area contributed by atoms with Crippen molar-refractivity contribution in [1.82, 2.24) is 0 Å². The summed E-state index contributed by atoms with van der Waals surface area (Å²) in [5.74, 6) is -0.151. The van der Waals surface area contributed by atoms with Gasteiger partial charge in [-0.05, 0) is 6.07 Å². The molecule has 0 atom stereocenters. The van der Waals surface area contributed by atoms with Gasteiger partial charge in [0.15, 0.2) is 5.78 Å². The molecule has 0 fully saturated rings. The molecule has 1 rings (SSSR count). The molecule has 0 saturated heterocycles. The SMILES string of the molecule is CCC(=O)C(=N)c1ccccc1S. The van der Waals surface area contributed by atoms with E-state index >= 15 is 0 Å². The normalized spacial score (nSPS) is 9.69. The number of carbonyl (C=O) groups is 1. The maximum Gasteiger partial charge on any atom is 0.180 e. The Morgan fingerprint density at radius 3 is 2.62 bits per heavy atom. The molecule has 1 aromatic rings. The summed E-state index contributed by atoms with van der Waals surface area (Å²) in [6.45, 7) is 1.75. The first kappa shape index (κ1) is 9.99. The lowest BCUT2D eigenvalue weighted by molar-refractivity contribution is -0.112. The van der Waals surface area contributed by atoms with Gasteiger partial charge in [-0.25, -0.2) is 0 Å². The molecule has 68 valence electrons. The van der Waals surface area contributed by atoms with E-state index in [9.17, 15) is 4.79 Å². The van der Waals surface area contributed by atoms with Gasteiger partial charge in [0.05, 0.1) is 0 Å². The highest BCUT2D eigenvalue weighted by molar-refractivity contribution is 7.80. The van der Waals surface area contributed by atoms with E-state index in [2.05, 4.69) is 12.6 Å². The van der Waals surface area contributed by atoms with E-state index in [1.807, 2.05) is 6.07 Å². The van der Waals surface area contributed by atoms with Crippen molar-refractivity contribution in [3.63, 3.8) is 0 Å². The molecular weight excluding hydrogens is 182 g/mol. The Hall–Kier alpha value is -1.09. The second-order valence-electron chi connectivity index (χ2n) is 2.67. The first-order valence-electron chi connectivity index (χ1n) is 4.07. The van der Waals surface area contributed by atoms with E-state index in [4.69, 9.17) is 5.41 Å². The second kappa shape index (κ2) is 4.23. The quantitative estimate of drug-likeness (QED) is 0.561. The third-order valence-electron chi connectivity index (χ3n) is 1.77. The van der Waals surface area contributed by atoms with Gasteiger partial charge in [0.1, 0.15) is 5.71 Å². The van der Waals surface area contributed by atoms with Crippen molar-refractivity contribution in [1.29, 1.82) is 5.41 Å². The first-order chi connectivity index (χ1) is 6.16. The van der Waals surface area contributed by atoms with Gasteiger partial charge in [-0.15, -0.1) is 12.6 Å². The molecule has 0 aliphatic rings. The Balaban J connectivity index is 3.02. The number of thiol groups is 1. The maximum atomic E-state index is 11.2. The number of hydrogen-bond donors (Lipinski definition) is 2. The molecule has 0 heterocycles. The predicted octanol–water partition coefficient (Wildman–Crippen LogP) is 2.32. The fourth-order valence-electron chi connectivity index (χ4n) is 1.01. The summed E-state index contributed by atoms with van der Waals surface area (Å²) >= 11 is 4.18. The molecule has 1 N–H and O–H groups in total. The van der Waals surface area contributed by atoms with Gasteiger partial charge in [0.25, 0.3) is 0 Å². The monoisotopic (exact) mass is 193 g/mol. The summed E-state index contributed by atoms with van der Waals surface area (Å²) in [6, 6.07) is 7.14. The van der Waals surface area contributed by atoms with Crippen molar-refractivity contribution in [3.05, 3.63) is 29.8 Å². The number of ketones is 1. The lowest BCUT2D eigenvalue weighted by Gasteiger charge is -2.03. The zero-order valence-electron chi connectivity index (χ0n) is 7.37. The Labute approximate surface area is 82.9 Å². The zero-order chi connectivity index (χ0) is 9.84. The van der Waals surface area contributed by atoms with Gasteiger partial charge in [0.2, 0.25) is 0 Å². The van der Waals surface area contributed by atoms with Gasteiger partial charge in [-0.1, -0.05) is 25.1 Å². The van der Waals surface area contributed by atoms with Crippen molar-refractivity contribution in [2.24, 2.45) is 0 Å². The summed E-state index contributed by atoms with van der Waals surface area (Å²) in [5, 5.41) is 7.58. The molecule has 0 radical (unpaired) electrons. The third kappa shape index (κ3) is 2.18. The van der Waals surface area contributed by atoms with Gasteiger partial charge >= 0.3 is 0 Å². The highest BCUT2D eigenvalue weighted by Gasteiger charge is 2.11. The maximum absolute atomic E-state index is 11.2. The van der Waals surface area contributed by atoms with E-state index in [0.29, 0.717) is 16.9 Å². The van der Waals surface area contributed by atoms with Crippen LogP contribution in [0.15, 0.2) is 29.2 Å². The minimum Gasteiger partial charge on any atom is -0.297 e. The topological polar surface area (TPSA) is 40.9 Å². The molecule has 0 amide bonds. The van der Waals surface area contributed by atoms with Crippen LogP contribution in [0.5, 0.6) is 0 Å². The molecule has 0 unspecified atom stereocenters. The molecule has 0 aliphatic heterocycles. The minimum atomic E-state index is -0.151. The number of nitrogens with one attached hydrogen (secondary N) is 1. The van der Waals surface area contributed by atoms with Crippen LogP contribution in [0.1, 0.15) is 18.9 Å². The van der Waals surface area contributed by atoms with Crippen LogP contribution in [0.25, 0.3) is 0 Å². The number of carbonyl (C=O) groups excluding carboxylic acids is 1. The molecule has 1 aromatic carbocycles. The van der Waals surface area contributed by atoms with Crippen molar-refractivity contribution < 1.29 is 4.79 Å². The third-order valence-corrected chi connectivity index (χ3v) is 2.16. The summed E-state index contributed by atoms with van der Waals surface area (Å²) in [5.41, 5.74) is 0.658. The molecule has 0 spiro atoms. The van der Waals surface area contributed by atoms with Crippen molar-refractivity contribution in [2.45, 2.75) is 18.2 Å². The summed E-state index contributed by atoms with van der Waals surface area (Å²) in [7, 11) is 0. The largest absolute Gasteiger partial charge is 0.297 e. The minimum absolute atomic E-state index is 0.0492. The van der Waals surface area contributed by atoms with Crippen LogP contribution < -0.4 is 0 Å². The first-order valence-corrected chi connectivity index (χ1v) is 4.51. The number of benzene rings is 1. The Morgan fingerprint density at radius 2 is 2.08 bits per heavy atom. The van der Waals surface area contributed by atoms with Crippen LogP contribution >= 0.6 is 12.6 Å². The fraction of sp³-hybridized carbons (Fsp3) is 0.200. The molecule has 2 nitrogen and oxygen atoms in total. The molecule has 0 aliphatic carbocycles. The molecular formula is C10H11NOS. The van der Waals surface area contributed by atoms with Crippen molar-refractivity contribution in [2.75, 3.05) is 0 Å². The van der Waals surface area contributed by atoms with Crippen LogP contribution in [0, 0.1) is 5.41 Å². The Kier molecular flexibility index (Phi) is 3.25. The lowest BCUT2D eigenvalue weighted by atomic mass is 10.1. The molecule has 13 heavy (non-hydrogen) atoms. The number of Topliss-reactive ketones (excluding diaryl/α,β-unsaturated/α-hetero) is 1. The smallest absolute Gasteiger partial charge is 0.180 e. The number of hydrogen-bond acceptors (Lipinski definition) is 3. The fourth-order valence-corrected chi connectivity index (χ4v) is 1.28. The summed E-state index contributed by atoms with van der Waals surface area (Å²) in [4.78, 5) is 11.9. The average molecular weight is 193 g/mol. The summed E-state index contributed by atoms with van der Waals surface area (Å²) in [6.07, 6.45) is 0.362. The van der Waals surface area contributed by atoms with Gasteiger partial charge in [0, 0.05) is 16.9 Å². The molecule has 3 heteroatoms. The van der Waals surface area contributed by atoms with E-state index in [1.54, 1.807) is 25.1 Å². The van der Waals surface area contributed by atoms with Gasteiger partial charge in [-0.2, -0.15) is 0 Å². The van der Waals surface area contributed by atoms with E-state index < -0.39 is 0 Å². The van der Waals surface area contributed by atoms with E-state index in [-0.39, 0.29) is 11.5 Å². The molecule has 0 aromatic heterocycles. The van der Waals surface area contributed by atoms with Crippen molar-refractivity contribution in [3.8, 4) is 0 Å². The van der Waals surface area contributed by atoms with Crippen molar-refractivity contribution >= 4 is 24.1 Å². The Morgan fingerprint density at radius 1 is 1.46 bits per heavy atom. The molecule has 0 bridgehead atoms.